The second-order valence-electron chi connectivity index (χ2n) is 3.98. The van der Waals surface area contributed by atoms with Gasteiger partial charge in [0, 0.05) is 19.0 Å². The van der Waals surface area contributed by atoms with Gasteiger partial charge in [0.1, 0.15) is 5.69 Å². The zero-order chi connectivity index (χ0) is 15.1. The van der Waals surface area contributed by atoms with Gasteiger partial charge in [-0.2, -0.15) is 0 Å². The average molecular weight is 283 g/mol. The first-order chi connectivity index (χ1) is 9.49. The van der Waals surface area contributed by atoms with Crippen LogP contribution in [0.5, 0.6) is 11.5 Å². The molecule has 0 aliphatic heterocycles. The van der Waals surface area contributed by atoms with E-state index in [2.05, 4.69) is 5.32 Å². The number of nitrogens with two attached hydrogens (primary N) is 1. The van der Waals surface area contributed by atoms with Crippen molar-refractivity contribution in [3.63, 3.8) is 0 Å². The maximum Gasteiger partial charge on any atom is 0.296 e. The first-order valence-corrected chi connectivity index (χ1v) is 5.92. The molecule has 1 rings (SSSR count). The first-order valence-electron chi connectivity index (χ1n) is 5.92. The zero-order valence-electron chi connectivity index (χ0n) is 11.3. The Labute approximate surface area is 116 Å². The van der Waals surface area contributed by atoms with Crippen molar-refractivity contribution >= 4 is 17.3 Å². The summed E-state index contributed by atoms with van der Waals surface area (Å²) in [6.45, 7) is 0.388. The summed E-state index contributed by atoms with van der Waals surface area (Å²) in [4.78, 5) is 21.1. The van der Waals surface area contributed by atoms with Gasteiger partial charge in [0.2, 0.25) is 5.91 Å². The molecular weight excluding hydrogens is 266 g/mol. The van der Waals surface area contributed by atoms with E-state index in [-0.39, 0.29) is 17.9 Å². The monoisotopic (exact) mass is 283 g/mol. The summed E-state index contributed by atoms with van der Waals surface area (Å²) < 4.78 is 10.1. The first kappa shape index (κ1) is 15.5. The molecular formula is C12H17N3O5. The van der Waals surface area contributed by atoms with Gasteiger partial charge in [-0.3, -0.25) is 14.9 Å². The van der Waals surface area contributed by atoms with Gasteiger partial charge < -0.3 is 20.5 Å². The van der Waals surface area contributed by atoms with Crippen molar-refractivity contribution in [1.82, 2.24) is 0 Å². The Balaban J connectivity index is 2.92. The molecule has 0 heterocycles. The number of amides is 1. The van der Waals surface area contributed by atoms with E-state index in [0.717, 1.165) is 0 Å². The van der Waals surface area contributed by atoms with Crippen molar-refractivity contribution in [2.45, 2.75) is 12.8 Å². The highest BCUT2D eigenvalue weighted by atomic mass is 16.6. The summed E-state index contributed by atoms with van der Waals surface area (Å²) in [5, 5.41) is 13.9. The van der Waals surface area contributed by atoms with Crippen LogP contribution in [0.3, 0.4) is 0 Å². The number of hydrogen-bond acceptors (Lipinski definition) is 6. The van der Waals surface area contributed by atoms with E-state index in [1.807, 2.05) is 0 Å². The number of nitrogens with one attached hydrogen (secondary N) is 1. The minimum Gasteiger partial charge on any atom is -0.493 e. The van der Waals surface area contributed by atoms with E-state index >= 15 is 0 Å². The van der Waals surface area contributed by atoms with Crippen LogP contribution in [-0.2, 0) is 4.79 Å². The Hall–Kier alpha value is -2.51. The summed E-state index contributed by atoms with van der Waals surface area (Å²) in [6.07, 6.45) is 0.703. The molecule has 110 valence electrons. The van der Waals surface area contributed by atoms with E-state index < -0.39 is 10.8 Å². The fourth-order valence-corrected chi connectivity index (χ4v) is 1.65. The number of methoxy groups -OCH3 is 2. The van der Waals surface area contributed by atoms with Crippen molar-refractivity contribution in [3.05, 3.63) is 22.2 Å². The molecule has 0 unspecified atom stereocenters. The standard InChI is InChI=1S/C12H17N3O5/c1-19-10-6-8(14-5-3-4-12(13)16)9(15(17)18)7-11(10)20-2/h6-7,14H,3-5H2,1-2H3,(H2,13,16). The van der Waals surface area contributed by atoms with Crippen molar-refractivity contribution in [1.29, 1.82) is 0 Å². The molecule has 0 aliphatic carbocycles. The van der Waals surface area contributed by atoms with Crippen LogP contribution in [0.2, 0.25) is 0 Å². The number of nitro benzene ring substituents is 1. The van der Waals surface area contributed by atoms with Crippen molar-refractivity contribution in [2.24, 2.45) is 5.73 Å². The third-order valence-electron chi connectivity index (χ3n) is 2.61. The summed E-state index contributed by atoms with van der Waals surface area (Å²) in [7, 11) is 2.85. The molecule has 0 radical (unpaired) electrons. The van der Waals surface area contributed by atoms with Crippen molar-refractivity contribution < 1.29 is 19.2 Å². The number of carbonyl (C=O) groups excluding carboxylic acids is 1. The van der Waals surface area contributed by atoms with Crippen LogP contribution in [-0.4, -0.2) is 31.6 Å². The van der Waals surface area contributed by atoms with Gasteiger partial charge >= 0.3 is 0 Å². The lowest BCUT2D eigenvalue weighted by Gasteiger charge is -2.11. The number of hydrogen-bond donors (Lipinski definition) is 2. The quantitative estimate of drug-likeness (QED) is 0.422. The largest absolute Gasteiger partial charge is 0.493 e. The van der Waals surface area contributed by atoms with Crippen molar-refractivity contribution in [3.8, 4) is 11.5 Å². The van der Waals surface area contributed by atoms with Crippen LogP contribution in [0.15, 0.2) is 12.1 Å². The third-order valence-corrected chi connectivity index (χ3v) is 2.61. The highest BCUT2D eigenvalue weighted by Gasteiger charge is 2.19. The minimum absolute atomic E-state index is 0.123. The van der Waals surface area contributed by atoms with E-state index in [1.165, 1.54) is 26.4 Å². The summed E-state index contributed by atoms with van der Waals surface area (Å²) in [6, 6.07) is 2.77. The Kier molecular flexibility index (Phi) is 5.57. The zero-order valence-corrected chi connectivity index (χ0v) is 11.3. The molecule has 0 aliphatic rings. The smallest absolute Gasteiger partial charge is 0.296 e. The maximum absolute atomic E-state index is 11.0. The normalized spacial score (nSPS) is 9.90. The van der Waals surface area contributed by atoms with Crippen LogP contribution in [0.1, 0.15) is 12.8 Å². The van der Waals surface area contributed by atoms with Gasteiger partial charge in [0.25, 0.3) is 5.69 Å². The van der Waals surface area contributed by atoms with Gasteiger partial charge in [-0.05, 0) is 6.42 Å². The Morgan fingerprint density at radius 3 is 2.45 bits per heavy atom. The Morgan fingerprint density at radius 2 is 1.95 bits per heavy atom. The fraction of sp³-hybridized carbons (Fsp3) is 0.417. The van der Waals surface area contributed by atoms with Gasteiger partial charge in [0.15, 0.2) is 11.5 Å². The maximum atomic E-state index is 11.0. The topological polar surface area (TPSA) is 117 Å². The van der Waals surface area contributed by atoms with E-state index in [1.54, 1.807) is 0 Å². The van der Waals surface area contributed by atoms with Gasteiger partial charge in [-0.25, -0.2) is 0 Å². The lowest BCUT2D eigenvalue weighted by Crippen LogP contribution is -2.13. The number of anilines is 1. The number of primary amides is 1. The van der Waals surface area contributed by atoms with Gasteiger partial charge in [0.05, 0.1) is 25.2 Å². The molecule has 0 atom stereocenters. The molecule has 1 aromatic carbocycles. The summed E-state index contributed by atoms with van der Waals surface area (Å²) in [5.41, 5.74) is 5.20. The van der Waals surface area contributed by atoms with Gasteiger partial charge in [-0.15, -0.1) is 0 Å². The lowest BCUT2D eigenvalue weighted by molar-refractivity contribution is -0.384. The molecule has 0 spiro atoms. The van der Waals surface area contributed by atoms with Crippen molar-refractivity contribution in [2.75, 3.05) is 26.1 Å². The molecule has 1 aromatic rings. The van der Waals surface area contributed by atoms with Crippen LogP contribution < -0.4 is 20.5 Å². The molecule has 8 heteroatoms. The SMILES string of the molecule is COc1cc(NCCCC(N)=O)c([N+](=O)[O-])cc1OC. The minimum atomic E-state index is -0.515. The molecule has 0 fully saturated rings. The molecule has 0 saturated carbocycles. The highest BCUT2D eigenvalue weighted by Crippen LogP contribution is 2.37. The molecule has 8 nitrogen and oxygen atoms in total. The van der Waals surface area contributed by atoms with E-state index in [9.17, 15) is 14.9 Å². The fourth-order valence-electron chi connectivity index (χ4n) is 1.65. The Bertz CT molecular complexity index is 504. The highest BCUT2D eigenvalue weighted by molar-refractivity contribution is 5.73. The number of nitro groups is 1. The van der Waals surface area contributed by atoms with Crippen LogP contribution >= 0.6 is 0 Å². The number of benzene rings is 1. The van der Waals surface area contributed by atoms with Gasteiger partial charge in [-0.1, -0.05) is 0 Å². The number of rotatable bonds is 8. The molecule has 0 saturated heterocycles. The molecule has 1 amide bonds. The molecule has 20 heavy (non-hydrogen) atoms. The predicted molar refractivity (Wildman–Crippen MR) is 73.1 cm³/mol. The van der Waals surface area contributed by atoms with Crippen LogP contribution in [0.4, 0.5) is 11.4 Å². The van der Waals surface area contributed by atoms with Crippen LogP contribution in [0.25, 0.3) is 0 Å². The second kappa shape index (κ2) is 7.17. The molecule has 3 N–H and O–H groups in total. The second-order valence-corrected chi connectivity index (χ2v) is 3.98. The van der Waals surface area contributed by atoms with E-state index in [0.29, 0.717) is 24.4 Å². The summed E-state index contributed by atoms with van der Waals surface area (Å²) >= 11 is 0. The average Bonchev–Trinajstić information content (AvgIpc) is 2.42. The van der Waals surface area contributed by atoms with E-state index in [4.69, 9.17) is 15.2 Å². The Morgan fingerprint density at radius 1 is 1.35 bits per heavy atom. The summed E-state index contributed by atoms with van der Waals surface area (Å²) in [5.74, 6) is 0.256. The number of ether oxygens (including phenoxy) is 2. The third kappa shape index (κ3) is 4.01. The number of carbonyl (C=O) groups is 1. The lowest BCUT2D eigenvalue weighted by atomic mass is 10.2. The number of nitrogens with zero attached hydrogens (tertiary/aromatic N) is 1. The molecule has 0 bridgehead atoms. The van der Waals surface area contributed by atoms with Crippen LogP contribution in [0, 0.1) is 10.1 Å². The predicted octanol–water partition coefficient (Wildman–Crippen LogP) is 1.29. The molecule has 0 aromatic heterocycles.